The number of halogens is 2. The molecule has 98 valence electrons. The van der Waals surface area contributed by atoms with Gasteiger partial charge in [-0.3, -0.25) is 4.72 Å². The van der Waals surface area contributed by atoms with Crippen molar-refractivity contribution in [3.63, 3.8) is 0 Å². The molecule has 2 aromatic rings. The number of nitriles is 1. The Bertz CT molecular complexity index is 765. The van der Waals surface area contributed by atoms with Crippen molar-refractivity contribution in [1.82, 2.24) is 0 Å². The van der Waals surface area contributed by atoms with Crippen LogP contribution in [0.5, 0.6) is 0 Å². The minimum absolute atomic E-state index is 0.0456. The van der Waals surface area contributed by atoms with Crippen LogP contribution in [-0.2, 0) is 10.0 Å². The molecule has 2 rings (SSSR count). The Morgan fingerprint density at radius 3 is 2.68 bits per heavy atom. The summed E-state index contributed by atoms with van der Waals surface area (Å²) >= 11 is 4.17. The summed E-state index contributed by atoms with van der Waals surface area (Å²) in [5.74, 6) is -0.600. The Balaban J connectivity index is 2.42. The van der Waals surface area contributed by atoms with Crippen molar-refractivity contribution >= 4 is 43.0 Å². The molecule has 0 radical (unpaired) electrons. The third-order valence-corrected chi connectivity index (χ3v) is 6.21. The molecule has 1 aromatic heterocycles. The minimum Gasteiger partial charge on any atom is -0.278 e. The maximum absolute atomic E-state index is 13.0. The molecule has 8 heteroatoms. The first-order valence-corrected chi connectivity index (χ1v) is 8.05. The van der Waals surface area contributed by atoms with Gasteiger partial charge in [-0.1, -0.05) is 0 Å². The van der Waals surface area contributed by atoms with Crippen molar-refractivity contribution in [3.05, 3.63) is 45.5 Å². The molecule has 0 atom stereocenters. The van der Waals surface area contributed by atoms with E-state index in [2.05, 4.69) is 20.7 Å². The van der Waals surface area contributed by atoms with E-state index < -0.39 is 15.8 Å². The zero-order chi connectivity index (χ0) is 14.0. The SMILES string of the molecule is N#Cc1cc(F)ccc1NS(=O)(=O)c1sccc1Br. The molecule has 0 spiro atoms. The van der Waals surface area contributed by atoms with E-state index in [-0.39, 0.29) is 15.5 Å². The first-order valence-electron chi connectivity index (χ1n) is 4.89. The summed E-state index contributed by atoms with van der Waals surface area (Å²) in [6.45, 7) is 0. The number of nitrogens with one attached hydrogen (secondary N) is 1. The van der Waals surface area contributed by atoms with Gasteiger partial charge in [-0.15, -0.1) is 11.3 Å². The topological polar surface area (TPSA) is 70.0 Å². The highest BCUT2D eigenvalue weighted by atomic mass is 79.9. The van der Waals surface area contributed by atoms with E-state index in [0.29, 0.717) is 4.47 Å². The van der Waals surface area contributed by atoms with Gasteiger partial charge in [0.2, 0.25) is 0 Å². The Kier molecular flexibility index (Phi) is 3.89. The number of sulfonamides is 1. The van der Waals surface area contributed by atoms with E-state index in [4.69, 9.17) is 5.26 Å². The van der Waals surface area contributed by atoms with Crippen LogP contribution in [-0.4, -0.2) is 8.42 Å². The lowest BCUT2D eigenvalue weighted by Gasteiger charge is -2.08. The van der Waals surface area contributed by atoms with E-state index in [1.54, 1.807) is 17.5 Å². The number of nitrogens with zero attached hydrogens (tertiary/aromatic N) is 1. The molecule has 4 nitrogen and oxygen atoms in total. The van der Waals surface area contributed by atoms with E-state index in [1.165, 1.54) is 6.07 Å². The molecule has 1 N–H and O–H groups in total. The highest BCUT2D eigenvalue weighted by Crippen LogP contribution is 2.30. The maximum atomic E-state index is 13.0. The molecule has 0 aliphatic carbocycles. The monoisotopic (exact) mass is 360 g/mol. The molecule has 0 bridgehead atoms. The fourth-order valence-corrected chi connectivity index (χ4v) is 4.78. The number of rotatable bonds is 3. The van der Waals surface area contributed by atoms with Gasteiger partial charge in [-0.2, -0.15) is 5.26 Å². The molecule has 0 unspecified atom stereocenters. The molecular formula is C11H6BrFN2O2S2. The standard InChI is InChI=1S/C11H6BrFN2O2S2/c12-9-3-4-18-11(9)19(16,17)15-10-2-1-8(13)5-7(10)6-14/h1-5,15H. The Labute approximate surface area is 121 Å². The predicted molar refractivity (Wildman–Crippen MR) is 73.9 cm³/mol. The fraction of sp³-hybridized carbons (Fsp3) is 0. The predicted octanol–water partition coefficient (Wildman–Crippen LogP) is 3.32. The van der Waals surface area contributed by atoms with Crippen LogP contribution in [0.15, 0.2) is 38.3 Å². The van der Waals surface area contributed by atoms with E-state index in [1.807, 2.05) is 0 Å². The van der Waals surface area contributed by atoms with Gasteiger partial charge in [0.15, 0.2) is 4.21 Å². The average Bonchev–Trinajstić information content (AvgIpc) is 2.78. The van der Waals surface area contributed by atoms with Gasteiger partial charge in [0, 0.05) is 4.47 Å². The van der Waals surface area contributed by atoms with Gasteiger partial charge in [0.25, 0.3) is 10.0 Å². The van der Waals surface area contributed by atoms with Gasteiger partial charge < -0.3 is 0 Å². The number of benzene rings is 1. The second kappa shape index (κ2) is 5.28. The third-order valence-electron chi connectivity index (χ3n) is 2.17. The number of hydrogen-bond donors (Lipinski definition) is 1. The van der Waals surface area contributed by atoms with Gasteiger partial charge in [0.1, 0.15) is 11.9 Å². The Morgan fingerprint density at radius 1 is 1.37 bits per heavy atom. The summed E-state index contributed by atoms with van der Waals surface area (Å²) in [7, 11) is -3.80. The molecule has 1 heterocycles. The Morgan fingerprint density at radius 2 is 2.11 bits per heavy atom. The molecule has 0 amide bonds. The minimum atomic E-state index is -3.80. The van der Waals surface area contributed by atoms with Gasteiger partial charge in [-0.05, 0) is 45.6 Å². The summed E-state index contributed by atoms with van der Waals surface area (Å²) in [4.78, 5) is 0. The van der Waals surface area contributed by atoms with E-state index in [9.17, 15) is 12.8 Å². The normalized spacial score (nSPS) is 11.0. The van der Waals surface area contributed by atoms with Crippen LogP contribution in [0.1, 0.15) is 5.56 Å². The lowest BCUT2D eigenvalue weighted by molar-refractivity contribution is 0.602. The molecule has 19 heavy (non-hydrogen) atoms. The van der Waals surface area contributed by atoms with Crippen LogP contribution in [0, 0.1) is 17.1 Å². The summed E-state index contributed by atoms with van der Waals surface area (Å²) < 4.78 is 40.0. The molecule has 1 aromatic carbocycles. The van der Waals surface area contributed by atoms with Crippen LogP contribution in [0.4, 0.5) is 10.1 Å². The lowest BCUT2D eigenvalue weighted by Crippen LogP contribution is -2.13. The van der Waals surface area contributed by atoms with Crippen LogP contribution in [0.3, 0.4) is 0 Å². The first kappa shape index (κ1) is 14.0. The summed E-state index contributed by atoms with van der Waals surface area (Å²) in [6, 6.07) is 6.62. The molecule has 0 aliphatic rings. The van der Waals surface area contributed by atoms with Crippen LogP contribution in [0.2, 0.25) is 0 Å². The maximum Gasteiger partial charge on any atom is 0.272 e. The molecule has 0 saturated carbocycles. The summed E-state index contributed by atoms with van der Waals surface area (Å²) in [5, 5.41) is 10.5. The van der Waals surface area contributed by atoms with E-state index >= 15 is 0 Å². The van der Waals surface area contributed by atoms with Crippen molar-refractivity contribution < 1.29 is 12.8 Å². The average molecular weight is 361 g/mol. The van der Waals surface area contributed by atoms with Gasteiger partial charge >= 0.3 is 0 Å². The molecule has 0 fully saturated rings. The zero-order valence-corrected chi connectivity index (χ0v) is 12.4. The summed E-state index contributed by atoms with van der Waals surface area (Å²) in [6.07, 6.45) is 0. The molecular weight excluding hydrogens is 355 g/mol. The zero-order valence-electron chi connectivity index (χ0n) is 9.22. The molecule has 0 aliphatic heterocycles. The van der Waals surface area contributed by atoms with Crippen molar-refractivity contribution in [2.45, 2.75) is 4.21 Å². The second-order valence-electron chi connectivity index (χ2n) is 3.46. The Hall–Kier alpha value is -1.43. The fourth-order valence-electron chi connectivity index (χ4n) is 1.36. The van der Waals surface area contributed by atoms with E-state index in [0.717, 1.165) is 23.5 Å². The van der Waals surface area contributed by atoms with Gasteiger partial charge in [-0.25, -0.2) is 12.8 Å². The van der Waals surface area contributed by atoms with Crippen molar-refractivity contribution in [1.29, 1.82) is 5.26 Å². The summed E-state index contributed by atoms with van der Waals surface area (Å²) in [5.41, 5.74) is -0.0274. The second-order valence-corrected chi connectivity index (χ2v) is 7.11. The highest BCUT2D eigenvalue weighted by molar-refractivity contribution is 9.10. The van der Waals surface area contributed by atoms with Crippen LogP contribution in [0.25, 0.3) is 0 Å². The smallest absolute Gasteiger partial charge is 0.272 e. The number of thiophene rings is 1. The number of hydrogen-bond acceptors (Lipinski definition) is 4. The highest BCUT2D eigenvalue weighted by Gasteiger charge is 2.20. The van der Waals surface area contributed by atoms with Crippen molar-refractivity contribution in [2.24, 2.45) is 0 Å². The lowest BCUT2D eigenvalue weighted by atomic mass is 10.2. The van der Waals surface area contributed by atoms with Crippen LogP contribution >= 0.6 is 27.3 Å². The number of anilines is 1. The van der Waals surface area contributed by atoms with Gasteiger partial charge in [0.05, 0.1) is 11.3 Å². The van der Waals surface area contributed by atoms with Crippen LogP contribution < -0.4 is 4.72 Å². The molecule has 0 saturated heterocycles. The third kappa shape index (κ3) is 2.94. The van der Waals surface area contributed by atoms with Crippen molar-refractivity contribution in [3.8, 4) is 6.07 Å². The van der Waals surface area contributed by atoms with Crippen molar-refractivity contribution in [2.75, 3.05) is 4.72 Å². The first-order chi connectivity index (χ1) is 8.94. The largest absolute Gasteiger partial charge is 0.278 e. The quantitative estimate of drug-likeness (QED) is 0.912.